The largest absolute Gasteiger partial charge is 0.418 e. The molecular weight excluding hydrogens is 397 g/mol. The minimum atomic E-state index is -4.61. The summed E-state index contributed by atoms with van der Waals surface area (Å²) in [5.41, 5.74) is -1.30. The zero-order chi connectivity index (χ0) is 18.0. The van der Waals surface area contributed by atoms with E-state index in [0.717, 1.165) is 36.7 Å². The number of hydrogen-bond acceptors (Lipinski definition) is 6. The number of carbonyl (C=O) groups is 1. The summed E-state index contributed by atoms with van der Waals surface area (Å²) in [6.45, 7) is 0. The number of nitrogens with one attached hydrogen (secondary N) is 2. The molecule has 1 heterocycles. The predicted octanol–water partition coefficient (Wildman–Crippen LogP) is 4.52. The fourth-order valence-corrected chi connectivity index (χ4v) is 3.70. The molecule has 1 fully saturated rings. The molecule has 0 unspecified atom stereocenters. The van der Waals surface area contributed by atoms with Crippen molar-refractivity contribution in [1.29, 1.82) is 0 Å². The molecule has 0 aliphatic heterocycles. The molecular formula is C14H12ClF3N4OS2. The van der Waals surface area contributed by atoms with Gasteiger partial charge in [-0.05, 0) is 31.0 Å². The molecule has 1 amide bonds. The summed E-state index contributed by atoms with van der Waals surface area (Å²) in [5.74, 6) is -0.637. The number of aromatic nitrogens is 2. The second-order valence-corrected chi connectivity index (χ2v) is 7.95. The highest BCUT2D eigenvalue weighted by Crippen LogP contribution is 2.36. The van der Waals surface area contributed by atoms with Crippen LogP contribution in [-0.4, -0.2) is 27.9 Å². The third-order valence-corrected chi connectivity index (χ3v) is 5.42. The normalized spacial score (nSPS) is 14.4. The van der Waals surface area contributed by atoms with Crippen LogP contribution in [0.3, 0.4) is 0 Å². The first kappa shape index (κ1) is 18.3. The maximum atomic E-state index is 13.0. The maximum Gasteiger partial charge on any atom is 0.418 e. The number of alkyl halides is 3. The van der Waals surface area contributed by atoms with E-state index >= 15 is 0 Å². The molecule has 3 rings (SSSR count). The van der Waals surface area contributed by atoms with Gasteiger partial charge in [-0.1, -0.05) is 34.7 Å². The van der Waals surface area contributed by atoms with Gasteiger partial charge in [0.2, 0.25) is 11.0 Å². The minimum Gasteiger partial charge on any atom is -0.357 e. The molecule has 5 nitrogen and oxygen atoms in total. The van der Waals surface area contributed by atoms with E-state index in [1.165, 1.54) is 17.4 Å². The summed E-state index contributed by atoms with van der Waals surface area (Å²) in [6.07, 6.45) is -2.40. The van der Waals surface area contributed by atoms with E-state index in [-0.39, 0.29) is 16.5 Å². The second kappa shape index (κ2) is 7.38. The average molecular weight is 409 g/mol. The van der Waals surface area contributed by atoms with Gasteiger partial charge < -0.3 is 10.6 Å². The van der Waals surface area contributed by atoms with E-state index in [1.807, 2.05) is 0 Å². The molecule has 0 atom stereocenters. The summed E-state index contributed by atoms with van der Waals surface area (Å²) in [7, 11) is 0. The number of nitrogens with zero attached hydrogens (tertiary/aromatic N) is 2. The molecule has 1 aliphatic carbocycles. The Bertz CT molecular complexity index is 780. The van der Waals surface area contributed by atoms with Crippen molar-refractivity contribution in [3.8, 4) is 0 Å². The number of anilines is 2. The van der Waals surface area contributed by atoms with Gasteiger partial charge in [-0.2, -0.15) is 13.2 Å². The van der Waals surface area contributed by atoms with Crippen LogP contribution >= 0.6 is 34.7 Å². The number of carbonyl (C=O) groups excluding carboxylic acids is 1. The number of amides is 1. The Morgan fingerprint density at radius 2 is 2.12 bits per heavy atom. The lowest BCUT2D eigenvalue weighted by Gasteiger charge is -2.13. The van der Waals surface area contributed by atoms with Crippen molar-refractivity contribution in [2.75, 3.05) is 16.4 Å². The van der Waals surface area contributed by atoms with Crippen LogP contribution in [-0.2, 0) is 11.0 Å². The molecule has 0 radical (unpaired) electrons. The van der Waals surface area contributed by atoms with E-state index in [9.17, 15) is 18.0 Å². The Kier molecular flexibility index (Phi) is 5.40. The molecule has 25 heavy (non-hydrogen) atoms. The molecule has 0 spiro atoms. The summed E-state index contributed by atoms with van der Waals surface area (Å²) in [5, 5.41) is 14.0. The van der Waals surface area contributed by atoms with Crippen LogP contribution in [0.2, 0.25) is 5.02 Å². The molecule has 0 saturated heterocycles. The Balaban J connectivity index is 1.58. The third kappa shape index (κ3) is 5.23. The van der Waals surface area contributed by atoms with Crippen molar-refractivity contribution < 1.29 is 18.0 Å². The van der Waals surface area contributed by atoms with Gasteiger partial charge in [0, 0.05) is 11.1 Å². The zero-order valence-electron chi connectivity index (χ0n) is 12.6. The van der Waals surface area contributed by atoms with Crippen LogP contribution in [0.1, 0.15) is 18.4 Å². The van der Waals surface area contributed by atoms with E-state index < -0.39 is 17.6 Å². The Morgan fingerprint density at radius 1 is 1.36 bits per heavy atom. The highest BCUT2D eigenvalue weighted by Gasteiger charge is 2.34. The minimum absolute atomic E-state index is 0.0516. The van der Waals surface area contributed by atoms with Gasteiger partial charge in [0.15, 0.2) is 4.34 Å². The van der Waals surface area contributed by atoms with Crippen LogP contribution in [0, 0.1) is 0 Å². The highest BCUT2D eigenvalue weighted by molar-refractivity contribution is 8.01. The Labute approximate surface area is 154 Å². The standard InChI is InChI=1S/C14H12ClF3N4OS2/c15-7-1-4-10(9(5-7)14(16,17)18)20-11(23)6-24-13-22-21-12(25-13)19-8-2-3-8/h1,4-5,8H,2-3,6H2,(H,19,21)(H,20,23). The molecule has 134 valence electrons. The SMILES string of the molecule is O=C(CSc1nnc(NC2CC2)s1)Nc1ccc(Cl)cc1C(F)(F)F. The second-order valence-electron chi connectivity index (χ2n) is 5.32. The van der Waals surface area contributed by atoms with Crippen molar-refractivity contribution >= 4 is 51.4 Å². The Hall–Kier alpha value is -1.52. The smallest absolute Gasteiger partial charge is 0.357 e. The van der Waals surface area contributed by atoms with Crippen LogP contribution in [0.15, 0.2) is 22.5 Å². The first-order chi connectivity index (χ1) is 11.8. The number of hydrogen-bond donors (Lipinski definition) is 2. The summed E-state index contributed by atoms with van der Waals surface area (Å²) < 4.78 is 39.6. The van der Waals surface area contributed by atoms with Crippen molar-refractivity contribution in [2.45, 2.75) is 29.4 Å². The lowest BCUT2D eigenvalue weighted by atomic mass is 10.1. The van der Waals surface area contributed by atoms with Gasteiger partial charge in [-0.25, -0.2) is 0 Å². The van der Waals surface area contributed by atoms with Crippen LogP contribution in [0.5, 0.6) is 0 Å². The highest BCUT2D eigenvalue weighted by atomic mass is 35.5. The van der Waals surface area contributed by atoms with Crippen LogP contribution in [0.25, 0.3) is 0 Å². The van der Waals surface area contributed by atoms with E-state index in [0.29, 0.717) is 15.5 Å². The number of halogens is 4. The third-order valence-electron chi connectivity index (χ3n) is 3.20. The van der Waals surface area contributed by atoms with Crippen molar-refractivity contribution in [3.63, 3.8) is 0 Å². The van der Waals surface area contributed by atoms with Gasteiger partial charge >= 0.3 is 6.18 Å². The molecule has 1 aromatic heterocycles. The quantitative estimate of drug-likeness (QED) is 0.688. The summed E-state index contributed by atoms with van der Waals surface area (Å²) in [4.78, 5) is 12.0. The van der Waals surface area contributed by atoms with E-state index in [1.54, 1.807) is 0 Å². The lowest BCUT2D eigenvalue weighted by Crippen LogP contribution is -2.18. The molecule has 1 saturated carbocycles. The van der Waals surface area contributed by atoms with Crippen molar-refractivity contribution in [2.24, 2.45) is 0 Å². The first-order valence-corrected chi connectivity index (χ1v) is 9.39. The first-order valence-electron chi connectivity index (χ1n) is 7.21. The molecule has 0 bridgehead atoms. The fourth-order valence-electron chi connectivity index (χ4n) is 1.90. The topological polar surface area (TPSA) is 66.9 Å². The number of thioether (sulfide) groups is 1. The van der Waals surface area contributed by atoms with Crippen molar-refractivity contribution in [3.05, 3.63) is 28.8 Å². The summed E-state index contributed by atoms with van der Waals surface area (Å²) >= 11 is 8.04. The lowest BCUT2D eigenvalue weighted by molar-refractivity contribution is -0.137. The molecule has 2 N–H and O–H groups in total. The van der Waals surface area contributed by atoms with Crippen LogP contribution in [0.4, 0.5) is 24.0 Å². The van der Waals surface area contributed by atoms with E-state index in [2.05, 4.69) is 20.8 Å². The molecule has 11 heteroatoms. The van der Waals surface area contributed by atoms with Crippen LogP contribution < -0.4 is 10.6 Å². The van der Waals surface area contributed by atoms with Gasteiger partial charge in [0.1, 0.15) is 0 Å². The Morgan fingerprint density at radius 3 is 2.80 bits per heavy atom. The number of benzene rings is 1. The maximum absolute atomic E-state index is 13.0. The van der Waals surface area contributed by atoms with Gasteiger partial charge in [-0.3, -0.25) is 4.79 Å². The van der Waals surface area contributed by atoms with Crippen molar-refractivity contribution in [1.82, 2.24) is 10.2 Å². The summed E-state index contributed by atoms with van der Waals surface area (Å²) in [6, 6.07) is 3.65. The fraction of sp³-hybridized carbons (Fsp3) is 0.357. The average Bonchev–Trinajstić information content (AvgIpc) is 3.23. The van der Waals surface area contributed by atoms with E-state index in [4.69, 9.17) is 11.6 Å². The zero-order valence-corrected chi connectivity index (χ0v) is 15.0. The predicted molar refractivity (Wildman–Crippen MR) is 92.4 cm³/mol. The number of rotatable bonds is 6. The monoisotopic (exact) mass is 408 g/mol. The molecule has 2 aromatic rings. The van der Waals surface area contributed by atoms with Gasteiger partial charge in [0.05, 0.1) is 17.0 Å². The van der Waals surface area contributed by atoms with Gasteiger partial charge in [-0.15, -0.1) is 10.2 Å². The molecule has 1 aromatic carbocycles. The van der Waals surface area contributed by atoms with Gasteiger partial charge in [0.25, 0.3) is 0 Å². The molecule has 1 aliphatic rings.